The lowest BCUT2D eigenvalue weighted by molar-refractivity contribution is -0.119. The molecule has 0 saturated carbocycles. The molecule has 3 N–H and O–H groups in total. The number of nitrogens with two attached hydrogens (primary N) is 1. The van der Waals surface area contributed by atoms with Gasteiger partial charge < -0.3 is 30.0 Å². The molecule has 0 aromatic heterocycles. The second-order valence-corrected chi connectivity index (χ2v) is 5.37. The van der Waals surface area contributed by atoms with E-state index in [9.17, 15) is 9.59 Å². The number of hydrogen-bond donors (Lipinski definition) is 2. The average Bonchev–Trinajstić information content (AvgIpc) is 2.66. The average molecular weight is 374 g/mol. The summed E-state index contributed by atoms with van der Waals surface area (Å²) in [5.41, 5.74) is 5.96. The molecule has 0 saturated heterocycles. The molecular formula is C19H22N2O6. The number of anilines is 1. The van der Waals surface area contributed by atoms with E-state index in [2.05, 4.69) is 5.32 Å². The van der Waals surface area contributed by atoms with Crippen LogP contribution in [-0.2, 0) is 4.79 Å². The predicted molar refractivity (Wildman–Crippen MR) is 99.8 cm³/mol. The third-order valence-corrected chi connectivity index (χ3v) is 3.52. The quantitative estimate of drug-likeness (QED) is 0.697. The molecule has 2 aromatic rings. The Bertz CT molecular complexity index is 822. The third-order valence-electron chi connectivity index (χ3n) is 3.52. The molecule has 0 atom stereocenters. The second kappa shape index (κ2) is 9.33. The zero-order chi connectivity index (χ0) is 19.8. The molecule has 2 rings (SSSR count). The second-order valence-electron chi connectivity index (χ2n) is 5.37. The number of benzene rings is 2. The van der Waals surface area contributed by atoms with Crippen LogP contribution in [0.5, 0.6) is 23.0 Å². The number of carbonyl (C=O) groups is 2. The Morgan fingerprint density at radius 2 is 1.56 bits per heavy atom. The highest BCUT2D eigenvalue weighted by Crippen LogP contribution is 2.31. The van der Waals surface area contributed by atoms with E-state index in [1.54, 1.807) is 36.4 Å². The van der Waals surface area contributed by atoms with Crippen LogP contribution in [0.1, 0.15) is 17.3 Å². The van der Waals surface area contributed by atoms with Crippen molar-refractivity contribution in [3.8, 4) is 23.0 Å². The number of hydrogen-bond acceptors (Lipinski definition) is 6. The number of carbonyl (C=O) groups excluding carboxylic acids is 2. The van der Waals surface area contributed by atoms with Crippen LogP contribution in [0.3, 0.4) is 0 Å². The van der Waals surface area contributed by atoms with E-state index in [-0.39, 0.29) is 12.5 Å². The molecule has 144 valence electrons. The Morgan fingerprint density at radius 3 is 2.15 bits per heavy atom. The topological polar surface area (TPSA) is 109 Å². The summed E-state index contributed by atoms with van der Waals surface area (Å²) < 4.78 is 21.2. The van der Waals surface area contributed by atoms with E-state index in [0.29, 0.717) is 40.9 Å². The molecule has 0 bridgehead atoms. The van der Waals surface area contributed by atoms with Gasteiger partial charge in [0.05, 0.1) is 20.8 Å². The van der Waals surface area contributed by atoms with Gasteiger partial charge in [-0.05, 0) is 37.3 Å². The molecule has 8 nitrogen and oxygen atoms in total. The first kappa shape index (κ1) is 19.9. The van der Waals surface area contributed by atoms with Gasteiger partial charge in [0.15, 0.2) is 29.6 Å². The molecule has 0 radical (unpaired) electrons. The summed E-state index contributed by atoms with van der Waals surface area (Å²) in [6.07, 6.45) is 0. The molecule has 0 unspecified atom stereocenters. The van der Waals surface area contributed by atoms with Gasteiger partial charge >= 0.3 is 0 Å². The SMILES string of the molecule is CCOc1cc(C(=O)Nc2ccc(OC)c(OCC(N)=O)c2)ccc1OC. The maximum atomic E-state index is 12.5. The Balaban J connectivity index is 2.20. The molecular weight excluding hydrogens is 352 g/mol. The smallest absolute Gasteiger partial charge is 0.255 e. The van der Waals surface area contributed by atoms with Crippen molar-refractivity contribution in [1.82, 2.24) is 0 Å². The maximum Gasteiger partial charge on any atom is 0.255 e. The third kappa shape index (κ3) is 5.27. The summed E-state index contributed by atoms with van der Waals surface area (Å²) in [6, 6.07) is 9.71. The summed E-state index contributed by atoms with van der Waals surface area (Å²) in [5.74, 6) is 0.766. The number of primary amides is 1. The van der Waals surface area contributed by atoms with E-state index < -0.39 is 5.91 Å². The van der Waals surface area contributed by atoms with E-state index in [1.807, 2.05) is 6.92 Å². The molecule has 0 aliphatic carbocycles. The largest absolute Gasteiger partial charge is 0.493 e. The van der Waals surface area contributed by atoms with E-state index in [0.717, 1.165) is 0 Å². The minimum Gasteiger partial charge on any atom is -0.493 e. The Morgan fingerprint density at radius 1 is 0.926 bits per heavy atom. The molecule has 27 heavy (non-hydrogen) atoms. The molecule has 0 heterocycles. The van der Waals surface area contributed by atoms with Crippen LogP contribution >= 0.6 is 0 Å². The highest BCUT2D eigenvalue weighted by molar-refractivity contribution is 6.04. The lowest BCUT2D eigenvalue weighted by Crippen LogP contribution is -2.20. The molecule has 0 spiro atoms. The number of rotatable bonds is 9. The van der Waals surface area contributed by atoms with Crippen molar-refractivity contribution in [2.75, 3.05) is 32.8 Å². The summed E-state index contributed by atoms with van der Waals surface area (Å²) in [6.45, 7) is 1.99. The van der Waals surface area contributed by atoms with E-state index >= 15 is 0 Å². The van der Waals surface area contributed by atoms with E-state index in [1.165, 1.54) is 14.2 Å². The van der Waals surface area contributed by atoms with Crippen LogP contribution in [0.2, 0.25) is 0 Å². The van der Waals surface area contributed by atoms with Gasteiger partial charge in [0.1, 0.15) is 0 Å². The summed E-state index contributed by atoms with van der Waals surface area (Å²) in [7, 11) is 3.00. The van der Waals surface area contributed by atoms with Crippen molar-refractivity contribution in [2.24, 2.45) is 5.73 Å². The van der Waals surface area contributed by atoms with Crippen LogP contribution in [0.25, 0.3) is 0 Å². The van der Waals surface area contributed by atoms with Crippen LogP contribution < -0.4 is 30.0 Å². The van der Waals surface area contributed by atoms with Crippen molar-refractivity contribution in [3.63, 3.8) is 0 Å². The predicted octanol–water partition coefficient (Wildman–Crippen LogP) is 2.22. The monoisotopic (exact) mass is 374 g/mol. The van der Waals surface area contributed by atoms with Gasteiger partial charge in [0, 0.05) is 17.3 Å². The molecule has 0 fully saturated rings. The molecule has 8 heteroatoms. The van der Waals surface area contributed by atoms with Crippen molar-refractivity contribution in [3.05, 3.63) is 42.0 Å². The van der Waals surface area contributed by atoms with Crippen molar-refractivity contribution < 1.29 is 28.5 Å². The van der Waals surface area contributed by atoms with Gasteiger partial charge in [0.25, 0.3) is 11.8 Å². The number of methoxy groups -OCH3 is 2. The first-order valence-corrected chi connectivity index (χ1v) is 8.19. The van der Waals surface area contributed by atoms with Crippen molar-refractivity contribution in [1.29, 1.82) is 0 Å². The molecule has 0 aliphatic rings. The fourth-order valence-electron chi connectivity index (χ4n) is 2.31. The van der Waals surface area contributed by atoms with Gasteiger partial charge in [-0.3, -0.25) is 9.59 Å². The van der Waals surface area contributed by atoms with Gasteiger partial charge in [-0.25, -0.2) is 0 Å². The lowest BCUT2D eigenvalue weighted by Gasteiger charge is -2.13. The van der Waals surface area contributed by atoms with Gasteiger partial charge in [-0.2, -0.15) is 0 Å². The maximum absolute atomic E-state index is 12.5. The molecule has 2 amide bonds. The molecule has 0 aliphatic heterocycles. The van der Waals surface area contributed by atoms with Crippen LogP contribution in [0, 0.1) is 0 Å². The number of nitrogens with one attached hydrogen (secondary N) is 1. The zero-order valence-electron chi connectivity index (χ0n) is 15.4. The Hall–Kier alpha value is -3.42. The van der Waals surface area contributed by atoms with Gasteiger partial charge in [-0.1, -0.05) is 0 Å². The lowest BCUT2D eigenvalue weighted by atomic mass is 10.1. The first-order chi connectivity index (χ1) is 13.0. The zero-order valence-corrected chi connectivity index (χ0v) is 15.4. The summed E-state index contributed by atoms with van der Waals surface area (Å²) in [5, 5.41) is 2.76. The highest BCUT2D eigenvalue weighted by atomic mass is 16.5. The van der Waals surface area contributed by atoms with Crippen LogP contribution in [0.4, 0.5) is 5.69 Å². The standard InChI is InChI=1S/C19H22N2O6/c1-4-26-16-9-12(5-7-14(16)24-2)19(23)21-13-6-8-15(25-3)17(10-13)27-11-18(20)22/h5-10H,4,11H2,1-3H3,(H2,20,22)(H,21,23). The number of ether oxygens (including phenoxy) is 4. The first-order valence-electron chi connectivity index (χ1n) is 8.19. The fraction of sp³-hybridized carbons (Fsp3) is 0.263. The van der Waals surface area contributed by atoms with Gasteiger partial charge in [0.2, 0.25) is 0 Å². The van der Waals surface area contributed by atoms with Crippen LogP contribution in [-0.4, -0.2) is 39.2 Å². The summed E-state index contributed by atoms with van der Waals surface area (Å²) in [4.78, 5) is 23.5. The highest BCUT2D eigenvalue weighted by Gasteiger charge is 2.13. The van der Waals surface area contributed by atoms with Crippen molar-refractivity contribution in [2.45, 2.75) is 6.92 Å². The molecule has 2 aromatic carbocycles. The van der Waals surface area contributed by atoms with Crippen LogP contribution in [0.15, 0.2) is 36.4 Å². The minimum atomic E-state index is -0.617. The van der Waals surface area contributed by atoms with E-state index in [4.69, 9.17) is 24.7 Å². The number of amides is 2. The van der Waals surface area contributed by atoms with Gasteiger partial charge in [-0.15, -0.1) is 0 Å². The minimum absolute atomic E-state index is 0.291. The summed E-state index contributed by atoms with van der Waals surface area (Å²) >= 11 is 0. The Kier molecular flexibility index (Phi) is 6.87. The Labute approximate surface area is 157 Å². The normalized spacial score (nSPS) is 10.0. The fourth-order valence-corrected chi connectivity index (χ4v) is 2.31. The van der Waals surface area contributed by atoms with Crippen molar-refractivity contribution >= 4 is 17.5 Å².